The van der Waals surface area contributed by atoms with E-state index in [0.29, 0.717) is 10.8 Å². The van der Waals surface area contributed by atoms with Gasteiger partial charge in [0.25, 0.3) is 0 Å². The van der Waals surface area contributed by atoms with Crippen LogP contribution in [-0.2, 0) is 4.79 Å². The van der Waals surface area contributed by atoms with Crippen molar-refractivity contribution in [3.63, 3.8) is 0 Å². The lowest BCUT2D eigenvalue weighted by Crippen LogP contribution is -2.15. The topological polar surface area (TPSA) is 59.8 Å². The maximum absolute atomic E-state index is 12.7. The van der Waals surface area contributed by atoms with E-state index >= 15 is 0 Å². The zero-order valence-electron chi connectivity index (χ0n) is 17.8. The fourth-order valence-electron chi connectivity index (χ4n) is 3.23. The molecular weight excluding hydrogens is 632 g/mol. The second-order valence-electron chi connectivity index (χ2n) is 7.43. The van der Waals surface area contributed by atoms with Crippen molar-refractivity contribution in [2.75, 3.05) is 11.1 Å². The van der Waals surface area contributed by atoms with E-state index in [1.807, 2.05) is 41.0 Å². The first-order chi connectivity index (χ1) is 15.8. The molecule has 1 amide bonds. The Labute approximate surface area is 221 Å². The summed E-state index contributed by atoms with van der Waals surface area (Å²) in [5, 5.41) is 12.5. The van der Waals surface area contributed by atoms with Gasteiger partial charge in [-0.2, -0.15) is 0 Å². The van der Waals surface area contributed by atoms with Crippen molar-refractivity contribution < 1.29 is 4.79 Å². The van der Waals surface area contributed by atoms with E-state index in [1.54, 1.807) is 0 Å². The molecule has 0 saturated carbocycles. The molecule has 0 saturated heterocycles. The second kappa shape index (κ2) is 10.5. The summed E-state index contributed by atoms with van der Waals surface area (Å²) in [4.78, 5) is 12.7. The molecule has 4 aromatic rings. The summed E-state index contributed by atoms with van der Waals surface area (Å²) in [7, 11) is 0. The zero-order valence-corrected chi connectivity index (χ0v) is 23.3. The lowest BCUT2D eigenvalue weighted by atomic mass is 10.1. The average molecular weight is 651 g/mol. The summed E-state index contributed by atoms with van der Waals surface area (Å²) in [5.74, 6) is 0.787. The molecule has 9 heteroatoms. The maximum atomic E-state index is 12.7. The largest absolute Gasteiger partial charge is 0.323 e. The Morgan fingerprint density at radius 2 is 1.64 bits per heavy atom. The van der Waals surface area contributed by atoms with Gasteiger partial charge in [-0.3, -0.25) is 9.36 Å². The first-order valence-corrected chi connectivity index (χ1v) is 13.3. The van der Waals surface area contributed by atoms with Crippen LogP contribution in [0.5, 0.6) is 0 Å². The SMILES string of the molecule is Cc1ccc(-n2c(SCC(=O)Nc3c(Br)cc(Br)cc3Br)nnc2-c2cccc(C)c2)cc1. The van der Waals surface area contributed by atoms with Gasteiger partial charge in [0.05, 0.1) is 11.4 Å². The molecule has 5 nitrogen and oxygen atoms in total. The number of thioether (sulfide) groups is 1. The summed E-state index contributed by atoms with van der Waals surface area (Å²) in [6.07, 6.45) is 0. The number of carbonyl (C=O) groups is 1. The van der Waals surface area contributed by atoms with Crippen molar-refractivity contribution in [2.45, 2.75) is 19.0 Å². The van der Waals surface area contributed by atoms with Crippen molar-refractivity contribution >= 4 is 71.1 Å². The highest BCUT2D eigenvalue weighted by Crippen LogP contribution is 2.35. The maximum Gasteiger partial charge on any atom is 0.234 e. The minimum Gasteiger partial charge on any atom is -0.323 e. The summed E-state index contributed by atoms with van der Waals surface area (Å²) >= 11 is 11.8. The second-order valence-corrected chi connectivity index (χ2v) is 11.0. The predicted octanol–water partition coefficient (Wildman–Crippen LogP) is 7.57. The number of nitrogens with zero attached hydrogens (tertiary/aromatic N) is 3. The number of aryl methyl sites for hydroxylation is 2. The molecule has 0 bridgehead atoms. The number of halogens is 3. The standard InChI is InChI=1S/C24H19Br3N4OS/c1-14-6-8-18(9-7-14)31-23(16-5-3-4-15(2)10-16)29-30-24(31)33-13-21(32)28-22-19(26)11-17(25)12-20(22)27/h3-12H,13H2,1-2H3,(H,28,32). The highest BCUT2D eigenvalue weighted by atomic mass is 79.9. The van der Waals surface area contributed by atoms with Gasteiger partial charge < -0.3 is 5.32 Å². The van der Waals surface area contributed by atoms with Gasteiger partial charge in [-0.25, -0.2) is 0 Å². The predicted molar refractivity (Wildman–Crippen MR) is 145 cm³/mol. The van der Waals surface area contributed by atoms with Crippen LogP contribution in [0.3, 0.4) is 0 Å². The van der Waals surface area contributed by atoms with Gasteiger partial charge in [0.15, 0.2) is 11.0 Å². The van der Waals surface area contributed by atoms with Crippen LogP contribution in [0, 0.1) is 13.8 Å². The van der Waals surface area contributed by atoms with Crippen molar-refractivity contribution in [3.05, 3.63) is 85.2 Å². The molecule has 1 N–H and O–H groups in total. The van der Waals surface area contributed by atoms with E-state index in [1.165, 1.54) is 17.3 Å². The Kier molecular flexibility index (Phi) is 7.73. The van der Waals surface area contributed by atoms with Crippen LogP contribution >= 0.6 is 59.6 Å². The summed E-state index contributed by atoms with van der Waals surface area (Å²) in [6, 6.07) is 20.1. The number of hydrogen-bond acceptors (Lipinski definition) is 4. The smallest absolute Gasteiger partial charge is 0.234 e. The van der Waals surface area contributed by atoms with Crippen molar-refractivity contribution in [2.24, 2.45) is 0 Å². The molecule has 3 aromatic carbocycles. The molecule has 1 heterocycles. The minimum absolute atomic E-state index is 0.140. The number of amides is 1. The molecule has 0 atom stereocenters. The van der Waals surface area contributed by atoms with E-state index in [-0.39, 0.29) is 11.7 Å². The summed E-state index contributed by atoms with van der Waals surface area (Å²) < 4.78 is 4.47. The lowest BCUT2D eigenvalue weighted by molar-refractivity contribution is -0.113. The van der Waals surface area contributed by atoms with E-state index in [0.717, 1.165) is 36.1 Å². The lowest BCUT2D eigenvalue weighted by Gasteiger charge is -2.12. The van der Waals surface area contributed by atoms with Gasteiger partial charge in [-0.1, -0.05) is 69.2 Å². The monoisotopic (exact) mass is 648 g/mol. The number of benzene rings is 3. The molecule has 168 valence electrons. The van der Waals surface area contributed by atoms with E-state index in [2.05, 4.69) is 101 Å². The number of aromatic nitrogens is 3. The highest BCUT2D eigenvalue weighted by Gasteiger charge is 2.18. The number of anilines is 1. The first-order valence-electron chi connectivity index (χ1n) is 9.98. The Balaban J connectivity index is 1.61. The molecule has 1 aromatic heterocycles. The van der Waals surface area contributed by atoms with Crippen LogP contribution in [0.25, 0.3) is 17.1 Å². The van der Waals surface area contributed by atoms with Crippen LogP contribution in [0.2, 0.25) is 0 Å². The average Bonchev–Trinajstić information content (AvgIpc) is 3.19. The molecule has 4 rings (SSSR count). The van der Waals surface area contributed by atoms with Crippen LogP contribution < -0.4 is 5.32 Å². The Morgan fingerprint density at radius 1 is 0.939 bits per heavy atom. The molecule has 0 radical (unpaired) electrons. The van der Waals surface area contributed by atoms with Crippen LogP contribution in [0.15, 0.2) is 79.2 Å². The quantitative estimate of drug-likeness (QED) is 0.219. The molecule has 0 aliphatic heterocycles. The minimum atomic E-state index is -0.140. The normalized spacial score (nSPS) is 10.9. The van der Waals surface area contributed by atoms with Crippen LogP contribution in [0.1, 0.15) is 11.1 Å². The third-order valence-corrected chi connectivity index (χ3v) is 7.44. The van der Waals surface area contributed by atoms with Crippen molar-refractivity contribution in [3.8, 4) is 17.1 Å². The van der Waals surface area contributed by atoms with Crippen LogP contribution in [0.4, 0.5) is 5.69 Å². The number of rotatable bonds is 6. The number of carbonyl (C=O) groups excluding carboxylic acids is 1. The molecule has 0 aliphatic rings. The molecule has 0 spiro atoms. The van der Waals surface area contributed by atoms with Gasteiger partial charge in [-0.05, 0) is 76.0 Å². The first kappa shape index (κ1) is 24.2. The van der Waals surface area contributed by atoms with Gasteiger partial charge in [0.2, 0.25) is 5.91 Å². The molecule has 0 fully saturated rings. The Hall–Kier alpha value is -1.94. The van der Waals surface area contributed by atoms with Crippen molar-refractivity contribution in [1.82, 2.24) is 14.8 Å². The third-order valence-electron chi connectivity index (χ3n) is 4.81. The molecule has 33 heavy (non-hydrogen) atoms. The van der Waals surface area contributed by atoms with Gasteiger partial charge in [0.1, 0.15) is 0 Å². The Morgan fingerprint density at radius 3 is 2.30 bits per heavy atom. The number of hydrogen-bond donors (Lipinski definition) is 1. The van der Waals surface area contributed by atoms with E-state index < -0.39 is 0 Å². The fraction of sp³-hybridized carbons (Fsp3) is 0.125. The Bertz CT molecular complexity index is 1300. The van der Waals surface area contributed by atoms with Crippen molar-refractivity contribution in [1.29, 1.82) is 0 Å². The van der Waals surface area contributed by atoms with Gasteiger partial charge in [0, 0.05) is 24.7 Å². The fourth-order valence-corrected chi connectivity index (χ4v) is 6.44. The van der Waals surface area contributed by atoms with E-state index in [4.69, 9.17) is 0 Å². The molecule has 0 unspecified atom stereocenters. The third kappa shape index (κ3) is 5.77. The van der Waals surface area contributed by atoms with E-state index in [9.17, 15) is 4.79 Å². The van der Waals surface area contributed by atoms with Gasteiger partial charge in [-0.15, -0.1) is 10.2 Å². The summed E-state index contributed by atoms with van der Waals surface area (Å²) in [6.45, 7) is 4.10. The molecular formula is C24H19Br3N4OS. The number of nitrogens with one attached hydrogen (secondary N) is 1. The van der Waals surface area contributed by atoms with Gasteiger partial charge >= 0.3 is 0 Å². The zero-order chi connectivity index (χ0) is 23.5. The van der Waals surface area contributed by atoms with Crippen LogP contribution in [-0.4, -0.2) is 26.4 Å². The summed E-state index contributed by atoms with van der Waals surface area (Å²) in [5.41, 5.74) is 4.92. The molecule has 0 aliphatic carbocycles. The highest BCUT2D eigenvalue weighted by molar-refractivity contribution is 9.11.